The molecule has 1 saturated heterocycles. The molecule has 0 bridgehead atoms. The number of benzene rings is 2. The van der Waals surface area contributed by atoms with Crippen LogP contribution in [0.5, 0.6) is 0 Å². The fourth-order valence-corrected chi connectivity index (χ4v) is 4.58. The summed E-state index contributed by atoms with van der Waals surface area (Å²) in [6, 6.07) is 16.9. The van der Waals surface area contributed by atoms with Crippen molar-refractivity contribution in [1.82, 2.24) is 9.88 Å². The summed E-state index contributed by atoms with van der Waals surface area (Å²) >= 11 is 3.44. The van der Waals surface area contributed by atoms with Gasteiger partial charge in [-0.05, 0) is 43.5 Å². The first-order valence-electron chi connectivity index (χ1n) is 10.8. The van der Waals surface area contributed by atoms with Gasteiger partial charge in [0.1, 0.15) is 5.76 Å². The lowest BCUT2D eigenvalue weighted by Gasteiger charge is -2.38. The van der Waals surface area contributed by atoms with E-state index in [-0.39, 0.29) is 6.61 Å². The second kappa shape index (κ2) is 9.79. The Hall–Kier alpha value is -3.13. The van der Waals surface area contributed by atoms with Crippen LogP contribution in [-0.2, 0) is 21.4 Å². The van der Waals surface area contributed by atoms with Crippen molar-refractivity contribution in [3.05, 3.63) is 76.1 Å². The van der Waals surface area contributed by atoms with Gasteiger partial charge in [0.2, 0.25) is 5.89 Å². The zero-order valence-electron chi connectivity index (χ0n) is 18.3. The minimum absolute atomic E-state index is 0.170. The number of halogens is 1. The number of amides is 1. The van der Waals surface area contributed by atoms with Crippen LogP contribution >= 0.6 is 15.9 Å². The van der Waals surface area contributed by atoms with Crippen molar-refractivity contribution in [1.29, 1.82) is 0 Å². The summed E-state index contributed by atoms with van der Waals surface area (Å²) in [5.74, 6) is 0.356. The van der Waals surface area contributed by atoms with Gasteiger partial charge in [0.25, 0.3) is 0 Å². The summed E-state index contributed by atoms with van der Waals surface area (Å²) in [7, 11) is 0. The Balaban J connectivity index is 1.32. The van der Waals surface area contributed by atoms with Gasteiger partial charge in [0.05, 0.1) is 17.7 Å². The van der Waals surface area contributed by atoms with E-state index in [1.54, 1.807) is 4.90 Å². The van der Waals surface area contributed by atoms with Crippen LogP contribution in [0.4, 0.5) is 4.79 Å². The predicted octanol–water partition coefficient (Wildman–Crippen LogP) is 5.21. The fraction of sp³-hybridized carbons (Fsp3) is 0.320. The minimum Gasteiger partial charge on any atom is -0.481 e. The average molecular weight is 513 g/mol. The van der Waals surface area contributed by atoms with Crippen molar-refractivity contribution >= 4 is 28.0 Å². The third-order valence-electron chi connectivity index (χ3n) is 6.14. The highest BCUT2D eigenvalue weighted by Crippen LogP contribution is 2.36. The van der Waals surface area contributed by atoms with E-state index in [1.807, 2.05) is 61.5 Å². The molecule has 0 atom stereocenters. The molecule has 1 aromatic heterocycles. The van der Waals surface area contributed by atoms with Crippen molar-refractivity contribution in [3.8, 4) is 11.5 Å². The number of likely N-dealkylation sites (tertiary alicyclic amines) is 1. The minimum atomic E-state index is -0.974. The monoisotopic (exact) mass is 512 g/mol. The number of aromatic nitrogens is 1. The zero-order chi connectivity index (χ0) is 23.4. The summed E-state index contributed by atoms with van der Waals surface area (Å²) in [5.41, 5.74) is 1.40. The highest BCUT2D eigenvalue weighted by molar-refractivity contribution is 9.10. The molecule has 1 fully saturated rings. The summed E-state index contributed by atoms with van der Waals surface area (Å²) in [6.07, 6.45) is 0.696. The van der Waals surface area contributed by atoms with Gasteiger partial charge in [-0.1, -0.05) is 52.3 Å². The van der Waals surface area contributed by atoms with Gasteiger partial charge in [-0.3, -0.25) is 4.79 Å². The first-order valence-corrected chi connectivity index (χ1v) is 11.6. The molecule has 2 heterocycles. The highest BCUT2D eigenvalue weighted by Gasteiger charge is 2.44. The molecule has 1 N–H and O–H groups in total. The second-order valence-corrected chi connectivity index (χ2v) is 9.05. The maximum atomic E-state index is 12.6. The lowest BCUT2D eigenvalue weighted by Crippen LogP contribution is -2.49. The number of carbonyl (C=O) groups is 2. The molecule has 0 radical (unpaired) electrons. The van der Waals surface area contributed by atoms with E-state index >= 15 is 0 Å². The number of aliphatic carboxylic acids is 1. The number of aryl methyl sites for hydroxylation is 1. The van der Waals surface area contributed by atoms with E-state index in [2.05, 4.69) is 20.9 Å². The Morgan fingerprint density at radius 3 is 2.55 bits per heavy atom. The van der Waals surface area contributed by atoms with Gasteiger partial charge in [0.15, 0.2) is 0 Å². The number of piperidine rings is 1. The highest BCUT2D eigenvalue weighted by atomic mass is 79.9. The summed E-state index contributed by atoms with van der Waals surface area (Å²) in [4.78, 5) is 30.8. The van der Waals surface area contributed by atoms with Gasteiger partial charge in [-0.25, -0.2) is 9.78 Å². The molecule has 172 valence electrons. The normalized spacial score (nSPS) is 15.3. The number of oxazole rings is 1. The Bertz CT molecular complexity index is 1140. The van der Waals surface area contributed by atoms with E-state index in [9.17, 15) is 14.7 Å². The molecule has 7 nitrogen and oxygen atoms in total. The van der Waals surface area contributed by atoms with Crippen LogP contribution in [0.15, 0.2) is 63.5 Å². The quantitative estimate of drug-likeness (QED) is 0.487. The van der Waals surface area contributed by atoms with Gasteiger partial charge in [-0.2, -0.15) is 0 Å². The topological polar surface area (TPSA) is 92.9 Å². The standard InChI is InChI=1S/C25H25BrN2O5/c1-17-21(27-22(33-17)18-6-5-9-20(26)16-18)10-15-32-24(31)28-13-11-25(12-14-28,23(29)30)19-7-3-2-4-8-19/h2-9,16H,10-15H2,1H3,(H,29,30). The van der Waals surface area contributed by atoms with Crippen LogP contribution in [0.25, 0.3) is 11.5 Å². The second-order valence-electron chi connectivity index (χ2n) is 8.14. The zero-order valence-corrected chi connectivity index (χ0v) is 19.9. The van der Waals surface area contributed by atoms with Crippen molar-refractivity contribution in [2.75, 3.05) is 19.7 Å². The van der Waals surface area contributed by atoms with Crippen LogP contribution < -0.4 is 0 Å². The predicted molar refractivity (Wildman–Crippen MR) is 126 cm³/mol. The lowest BCUT2D eigenvalue weighted by atomic mass is 9.73. The molecule has 33 heavy (non-hydrogen) atoms. The third kappa shape index (κ3) is 4.95. The van der Waals surface area contributed by atoms with Crippen LogP contribution in [0, 0.1) is 6.92 Å². The Morgan fingerprint density at radius 1 is 1.15 bits per heavy atom. The maximum Gasteiger partial charge on any atom is 0.409 e. The van der Waals surface area contributed by atoms with Crippen LogP contribution in [0.3, 0.4) is 0 Å². The molecule has 8 heteroatoms. The smallest absolute Gasteiger partial charge is 0.409 e. The van der Waals surface area contributed by atoms with Crippen LogP contribution in [-0.4, -0.2) is 46.7 Å². The number of hydrogen-bond acceptors (Lipinski definition) is 5. The third-order valence-corrected chi connectivity index (χ3v) is 6.63. The number of nitrogens with zero attached hydrogens (tertiary/aromatic N) is 2. The van der Waals surface area contributed by atoms with Crippen LogP contribution in [0.1, 0.15) is 29.9 Å². The SMILES string of the molecule is Cc1oc(-c2cccc(Br)c2)nc1CCOC(=O)N1CCC(C(=O)O)(c2ccccc2)CC1. The first-order chi connectivity index (χ1) is 15.9. The van der Waals surface area contributed by atoms with Crippen molar-refractivity contribution in [2.45, 2.75) is 31.6 Å². The first kappa shape index (κ1) is 23.0. The molecule has 0 unspecified atom stereocenters. The molecule has 1 amide bonds. The number of carboxylic acids is 1. The van der Waals surface area contributed by atoms with Crippen molar-refractivity contribution < 1.29 is 23.8 Å². The van der Waals surface area contributed by atoms with Gasteiger partial charge in [0, 0.05) is 29.5 Å². The molecule has 0 aliphatic carbocycles. The molecule has 2 aromatic carbocycles. The molecular formula is C25H25BrN2O5. The molecule has 0 saturated carbocycles. The maximum absolute atomic E-state index is 12.6. The number of rotatable bonds is 6. The van der Waals surface area contributed by atoms with Gasteiger partial charge < -0.3 is 19.2 Å². The number of carbonyl (C=O) groups excluding carboxylic acids is 1. The van der Waals surface area contributed by atoms with E-state index in [0.29, 0.717) is 44.0 Å². The molecule has 1 aliphatic rings. The van der Waals surface area contributed by atoms with E-state index in [1.165, 1.54) is 0 Å². The Morgan fingerprint density at radius 2 is 1.88 bits per heavy atom. The number of ether oxygens (including phenoxy) is 1. The molecule has 1 aliphatic heterocycles. The summed E-state index contributed by atoms with van der Waals surface area (Å²) in [5, 5.41) is 9.91. The fourth-order valence-electron chi connectivity index (χ4n) is 4.19. The molecule has 3 aromatic rings. The lowest BCUT2D eigenvalue weighted by molar-refractivity contribution is -0.145. The Labute approximate surface area is 200 Å². The van der Waals surface area contributed by atoms with Gasteiger partial charge >= 0.3 is 12.1 Å². The molecule has 0 spiro atoms. The van der Waals surface area contributed by atoms with Crippen molar-refractivity contribution in [3.63, 3.8) is 0 Å². The van der Waals surface area contributed by atoms with Gasteiger partial charge in [-0.15, -0.1) is 0 Å². The van der Waals surface area contributed by atoms with E-state index in [0.717, 1.165) is 21.3 Å². The number of carboxylic acid groups (broad SMARTS) is 1. The van der Waals surface area contributed by atoms with Crippen molar-refractivity contribution in [2.24, 2.45) is 0 Å². The van der Waals surface area contributed by atoms with Crippen LogP contribution in [0.2, 0.25) is 0 Å². The largest absolute Gasteiger partial charge is 0.481 e. The molecule has 4 rings (SSSR count). The summed E-state index contributed by atoms with van der Waals surface area (Å²) < 4.78 is 12.2. The Kier molecular flexibility index (Phi) is 6.83. The number of hydrogen-bond donors (Lipinski definition) is 1. The average Bonchev–Trinajstić information content (AvgIpc) is 3.20. The molecular weight excluding hydrogens is 488 g/mol. The van der Waals surface area contributed by atoms with E-state index in [4.69, 9.17) is 9.15 Å². The van der Waals surface area contributed by atoms with E-state index < -0.39 is 17.5 Å². The summed E-state index contributed by atoms with van der Waals surface area (Å²) in [6.45, 7) is 2.67.